The van der Waals surface area contributed by atoms with Gasteiger partial charge in [-0.3, -0.25) is 4.99 Å². The summed E-state index contributed by atoms with van der Waals surface area (Å²) in [7, 11) is 5.90. The third kappa shape index (κ3) is 6.98. The van der Waals surface area contributed by atoms with E-state index in [1.54, 1.807) is 7.05 Å². The zero-order valence-electron chi connectivity index (χ0n) is 12.9. The van der Waals surface area contributed by atoms with Crippen LogP contribution in [0.3, 0.4) is 0 Å². The number of nitrogens with one attached hydrogen (secondary N) is 2. The molecule has 0 fully saturated rings. The van der Waals surface area contributed by atoms with Crippen molar-refractivity contribution in [1.82, 2.24) is 10.6 Å². The van der Waals surface area contributed by atoms with Crippen LogP contribution in [0.2, 0.25) is 0 Å². The van der Waals surface area contributed by atoms with E-state index in [-0.39, 0.29) is 24.0 Å². The summed E-state index contributed by atoms with van der Waals surface area (Å²) in [5.74, 6) is 0.866. The van der Waals surface area contributed by atoms with Gasteiger partial charge in [-0.25, -0.2) is 0 Å². The van der Waals surface area contributed by atoms with Crippen molar-refractivity contribution in [2.24, 2.45) is 4.99 Å². The smallest absolute Gasteiger partial charge is 0.191 e. The fourth-order valence-electron chi connectivity index (χ4n) is 1.70. The van der Waals surface area contributed by atoms with Gasteiger partial charge in [0.25, 0.3) is 0 Å². The molecule has 2 N–H and O–H groups in total. The summed E-state index contributed by atoms with van der Waals surface area (Å²) in [6.07, 6.45) is 2.36. The standard InChI is InChI=1S/C15H26N4.HI/c1-5-6-11-17-15(16-2)18-12-13-7-9-14(10-8-13)19(3)4;/h7-10H,5-6,11-12H2,1-4H3,(H2,16,17,18);1H. The Kier molecular flexibility index (Phi) is 10.2. The molecule has 0 unspecified atom stereocenters. The highest BCUT2D eigenvalue weighted by Gasteiger charge is 1.99. The van der Waals surface area contributed by atoms with E-state index in [2.05, 4.69) is 51.7 Å². The van der Waals surface area contributed by atoms with Crippen LogP contribution in [-0.4, -0.2) is 33.6 Å². The maximum atomic E-state index is 4.21. The van der Waals surface area contributed by atoms with Crippen molar-refractivity contribution in [3.63, 3.8) is 0 Å². The predicted octanol–water partition coefficient (Wildman–Crippen LogP) is 2.84. The normalized spacial score (nSPS) is 10.7. The zero-order chi connectivity index (χ0) is 14.1. The highest BCUT2D eigenvalue weighted by molar-refractivity contribution is 14.0. The van der Waals surface area contributed by atoms with Crippen LogP contribution in [0.4, 0.5) is 5.69 Å². The Hall–Kier alpha value is -0.980. The molecule has 114 valence electrons. The molecule has 0 spiro atoms. The van der Waals surface area contributed by atoms with Crippen molar-refractivity contribution in [3.05, 3.63) is 29.8 Å². The van der Waals surface area contributed by atoms with Gasteiger partial charge in [0.05, 0.1) is 0 Å². The maximum Gasteiger partial charge on any atom is 0.191 e. The molecule has 0 aromatic heterocycles. The summed E-state index contributed by atoms with van der Waals surface area (Å²) in [6.45, 7) is 3.94. The number of anilines is 1. The van der Waals surface area contributed by atoms with Crippen molar-refractivity contribution in [1.29, 1.82) is 0 Å². The molecule has 5 heteroatoms. The van der Waals surface area contributed by atoms with E-state index >= 15 is 0 Å². The van der Waals surface area contributed by atoms with E-state index in [1.807, 2.05) is 14.1 Å². The summed E-state index contributed by atoms with van der Waals surface area (Å²) < 4.78 is 0. The van der Waals surface area contributed by atoms with E-state index in [9.17, 15) is 0 Å². The predicted molar refractivity (Wildman–Crippen MR) is 99.3 cm³/mol. The fraction of sp³-hybridized carbons (Fsp3) is 0.533. The number of hydrogen-bond acceptors (Lipinski definition) is 2. The summed E-state index contributed by atoms with van der Waals surface area (Å²) in [4.78, 5) is 6.31. The average molecular weight is 390 g/mol. The van der Waals surface area contributed by atoms with Gasteiger partial charge in [-0.2, -0.15) is 0 Å². The molecule has 0 aliphatic rings. The van der Waals surface area contributed by atoms with Gasteiger partial charge in [-0.05, 0) is 24.1 Å². The lowest BCUT2D eigenvalue weighted by Crippen LogP contribution is -2.37. The molecule has 20 heavy (non-hydrogen) atoms. The van der Waals surface area contributed by atoms with Gasteiger partial charge in [-0.15, -0.1) is 24.0 Å². The molecule has 4 nitrogen and oxygen atoms in total. The highest BCUT2D eigenvalue weighted by atomic mass is 127. The lowest BCUT2D eigenvalue weighted by molar-refractivity contribution is 0.729. The van der Waals surface area contributed by atoms with Crippen LogP contribution in [0.25, 0.3) is 0 Å². The number of rotatable bonds is 6. The summed E-state index contributed by atoms with van der Waals surface area (Å²) in [6, 6.07) is 8.54. The van der Waals surface area contributed by atoms with Gasteiger partial charge in [-0.1, -0.05) is 25.5 Å². The van der Waals surface area contributed by atoms with Gasteiger partial charge < -0.3 is 15.5 Å². The molecule has 1 rings (SSSR count). The maximum absolute atomic E-state index is 4.21. The Morgan fingerprint density at radius 3 is 2.30 bits per heavy atom. The van der Waals surface area contributed by atoms with Gasteiger partial charge in [0.2, 0.25) is 0 Å². The van der Waals surface area contributed by atoms with E-state index in [4.69, 9.17) is 0 Å². The molecular weight excluding hydrogens is 363 g/mol. The second kappa shape index (κ2) is 10.8. The first-order chi connectivity index (χ1) is 9.17. The summed E-state index contributed by atoms with van der Waals surface area (Å²) >= 11 is 0. The second-order valence-corrected chi connectivity index (χ2v) is 4.77. The molecular formula is C15H27IN4. The highest BCUT2D eigenvalue weighted by Crippen LogP contribution is 2.11. The van der Waals surface area contributed by atoms with Gasteiger partial charge >= 0.3 is 0 Å². The molecule has 0 aliphatic heterocycles. The number of unbranched alkanes of at least 4 members (excludes halogenated alkanes) is 1. The Morgan fingerprint density at radius 1 is 1.15 bits per heavy atom. The van der Waals surface area contributed by atoms with Crippen LogP contribution in [0.5, 0.6) is 0 Å². The first-order valence-electron chi connectivity index (χ1n) is 6.88. The summed E-state index contributed by atoms with van der Waals surface area (Å²) in [5.41, 5.74) is 2.47. The molecule has 0 radical (unpaired) electrons. The number of benzene rings is 1. The van der Waals surface area contributed by atoms with Crippen molar-refractivity contribution in [3.8, 4) is 0 Å². The molecule has 1 aromatic carbocycles. The van der Waals surface area contributed by atoms with Crippen LogP contribution in [0, 0.1) is 0 Å². The molecule has 0 heterocycles. The fourth-order valence-corrected chi connectivity index (χ4v) is 1.70. The average Bonchev–Trinajstić information content (AvgIpc) is 2.43. The van der Waals surface area contributed by atoms with Crippen molar-refractivity contribution >= 4 is 35.6 Å². The number of halogens is 1. The third-order valence-electron chi connectivity index (χ3n) is 2.96. The second-order valence-electron chi connectivity index (χ2n) is 4.77. The van der Waals surface area contributed by atoms with Crippen molar-refractivity contribution in [2.75, 3.05) is 32.6 Å². The largest absolute Gasteiger partial charge is 0.378 e. The van der Waals surface area contributed by atoms with Gasteiger partial charge in [0.15, 0.2) is 5.96 Å². The van der Waals surface area contributed by atoms with Crippen LogP contribution in [-0.2, 0) is 6.54 Å². The van der Waals surface area contributed by atoms with E-state index in [0.29, 0.717) is 0 Å². The SMILES string of the molecule is CCCCNC(=NC)NCc1ccc(N(C)C)cc1.I. The molecule has 0 saturated carbocycles. The van der Waals surface area contributed by atoms with Crippen molar-refractivity contribution < 1.29 is 0 Å². The van der Waals surface area contributed by atoms with E-state index in [0.717, 1.165) is 25.5 Å². The van der Waals surface area contributed by atoms with Crippen LogP contribution < -0.4 is 15.5 Å². The molecule has 0 atom stereocenters. The molecule has 0 amide bonds. The number of nitrogens with zero attached hydrogens (tertiary/aromatic N) is 2. The quantitative estimate of drug-likeness (QED) is 0.340. The Balaban J connectivity index is 0.00000361. The Morgan fingerprint density at radius 2 is 1.80 bits per heavy atom. The zero-order valence-corrected chi connectivity index (χ0v) is 15.3. The Labute approximate surface area is 140 Å². The van der Waals surface area contributed by atoms with Crippen LogP contribution >= 0.6 is 24.0 Å². The third-order valence-corrected chi connectivity index (χ3v) is 2.96. The number of hydrogen-bond donors (Lipinski definition) is 2. The van der Waals surface area contributed by atoms with E-state index in [1.165, 1.54) is 17.7 Å². The van der Waals surface area contributed by atoms with Crippen molar-refractivity contribution in [2.45, 2.75) is 26.3 Å². The molecule has 1 aromatic rings. The molecule has 0 saturated heterocycles. The number of aliphatic imine (C=N–C) groups is 1. The Bertz CT molecular complexity index is 387. The van der Waals surface area contributed by atoms with Gasteiger partial charge in [0.1, 0.15) is 0 Å². The lowest BCUT2D eigenvalue weighted by Gasteiger charge is -2.14. The minimum atomic E-state index is 0. The molecule has 0 aliphatic carbocycles. The van der Waals surface area contributed by atoms with E-state index < -0.39 is 0 Å². The first-order valence-corrected chi connectivity index (χ1v) is 6.88. The minimum absolute atomic E-state index is 0. The lowest BCUT2D eigenvalue weighted by atomic mass is 10.2. The first kappa shape index (κ1) is 19.0. The molecule has 0 bridgehead atoms. The topological polar surface area (TPSA) is 39.7 Å². The van der Waals surface area contributed by atoms with Gasteiger partial charge in [0, 0.05) is 39.9 Å². The van der Waals surface area contributed by atoms with Crippen LogP contribution in [0.1, 0.15) is 25.3 Å². The number of guanidine groups is 1. The monoisotopic (exact) mass is 390 g/mol. The minimum Gasteiger partial charge on any atom is -0.378 e. The summed E-state index contributed by atoms with van der Waals surface area (Å²) in [5, 5.41) is 6.62. The van der Waals surface area contributed by atoms with Crippen LogP contribution in [0.15, 0.2) is 29.3 Å².